The van der Waals surface area contributed by atoms with Crippen LogP contribution in [0.3, 0.4) is 0 Å². The summed E-state index contributed by atoms with van der Waals surface area (Å²) in [5.41, 5.74) is 1.13. The van der Waals surface area contributed by atoms with Gasteiger partial charge in [0.2, 0.25) is 10.0 Å². The molecule has 0 bridgehead atoms. The van der Waals surface area contributed by atoms with Gasteiger partial charge in [0, 0.05) is 35.9 Å². The van der Waals surface area contributed by atoms with Crippen molar-refractivity contribution in [3.63, 3.8) is 0 Å². The Morgan fingerprint density at radius 2 is 2.12 bits per heavy atom. The van der Waals surface area contributed by atoms with Crippen molar-refractivity contribution in [3.05, 3.63) is 59.1 Å². The van der Waals surface area contributed by atoms with Crippen molar-refractivity contribution < 1.29 is 12.8 Å². The number of aryl methyl sites for hydroxylation is 1. The lowest BCUT2D eigenvalue weighted by Gasteiger charge is -2.07. The molecule has 132 valence electrons. The summed E-state index contributed by atoms with van der Waals surface area (Å²) in [4.78, 5) is 4.45. The molecular weight excluding hydrogens is 365 g/mol. The van der Waals surface area contributed by atoms with Gasteiger partial charge in [0.25, 0.3) is 0 Å². The average molecular weight is 382 g/mol. The molecule has 0 aliphatic rings. The minimum absolute atomic E-state index is 0.0256. The standard InChI is InChI=1S/C17H17ClFN3O2S/c1-2-8-22-11-16(14-4-3-7-20-17(14)22)25(23,24)21-10-12-5-6-13(19)9-15(12)18/h3-7,9,11,21H,2,8,10H2,1H3. The van der Waals surface area contributed by atoms with E-state index >= 15 is 0 Å². The maximum Gasteiger partial charge on any atom is 0.243 e. The second kappa shape index (κ2) is 7.11. The van der Waals surface area contributed by atoms with E-state index in [1.807, 2.05) is 11.5 Å². The molecule has 1 aromatic carbocycles. The first kappa shape index (κ1) is 17.8. The van der Waals surface area contributed by atoms with Gasteiger partial charge in [-0.2, -0.15) is 0 Å². The normalized spacial score (nSPS) is 12.0. The number of nitrogens with one attached hydrogen (secondary N) is 1. The van der Waals surface area contributed by atoms with Crippen LogP contribution >= 0.6 is 11.6 Å². The van der Waals surface area contributed by atoms with Crippen molar-refractivity contribution in [1.29, 1.82) is 0 Å². The van der Waals surface area contributed by atoms with E-state index in [-0.39, 0.29) is 16.5 Å². The van der Waals surface area contributed by atoms with Gasteiger partial charge in [-0.3, -0.25) is 0 Å². The molecule has 0 amide bonds. The maximum atomic E-state index is 13.1. The van der Waals surface area contributed by atoms with E-state index in [1.165, 1.54) is 12.1 Å². The van der Waals surface area contributed by atoms with Crippen LogP contribution in [0.1, 0.15) is 18.9 Å². The number of pyridine rings is 1. The molecule has 0 radical (unpaired) electrons. The quantitative estimate of drug-likeness (QED) is 0.707. The summed E-state index contributed by atoms with van der Waals surface area (Å²) in [6.45, 7) is 2.66. The van der Waals surface area contributed by atoms with Gasteiger partial charge in [-0.1, -0.05) is 24.6 Å². The van der Waals surface area contributed by atoms with Gasteiger partial charge < -0.3 is 4.57 Å². The van der Waals surface area contributed by atoms with Gasteiger partial charge in [0.15, 0.2) is 0 Å². The summed E-state index contributed by atoms with van der Waals surface area (Å²) in [5, 5.41) is 0.742. The number of aromatic nitrogens is 2. The number of benzene rings is 1. The van der Waals surface area contributed by atoms with Gasteiger partial charge >= 0.3 is 0 Å². The van der Waals surface area contributed by atoms with E-state index < -0.39 is 15.8 Å². The third-order valence-electron chi connectivity index (χ3n) is 3.82. The van der Waals surface area contributed by atoms with Crippen LogP contribution in [0.4, 0.5) is 4.39 Å². The third-order valence-corrected chi connectivity index (χ3v) is 5.60. The van der Waals surface area contributed by atoms with Crippen molar-refractivity contribution in [2.45, 2.75) is 31.3 Å². The molecule has 0 spiro atoms. The first-order valence-corrected chi connectivity index (χ1v) is 9.66. The summed E-state index contributed by atoms with van der Waals surface area (Å²) in [7, 11) is -3.77. The van der Waals surface area contributed by atoms with Crippen molar-refractivity contribution in [3.8, 4) is 0 Å². The fraction of sp³-hybridized carbons (Fsp3) is 0.235. The zero-order valence-electron chi connectivity index (χ0n) is 13.5. The minimum Gasteiger partial charge on any atom is -0.331 e. The van der Waals surface area contributed by atoms with E-state index in [1.54, 1.807) is 24.5 Å². The highest BCUT2D eigenvalue weighted by atomic mass is 35.5. The number of hydrogen-bond acceptors (Lipinski definition) is 3. The number of halogens is 2. The van der Waals surface area contributed by atoms with Crippen LogP contribution in [0.2, 0.25) is 5.02 Å². The Bertz CT molecular complexity index is 1020. The van der Waals surface area contributed by atoms with E-state index in [4.69, 9.17) is 11.6 Å². The lowest BCUT2D eigenvalue weighted by Crippen LogP contribution is -2.23. The Kier molecular flexibility index (Phi) is 5.08. The van der Waals surface area contributed by atoms with Crippen molar-refractivity contribution in [2.24, 2.45) is 0 Å². The lowest BCUT2D eigenvalue weighted by molar-refractivity contribution is 0.581. The first-order valence-electron chi connectivity index (χ1n) is 7.80. The van der Waals surface area contributed by atoms with Gasteiger partial charge in [-0.05, 0) is 36.2 Å². The summed E-state index contributed by atoms with van der Waals surface area (Å²) < 4.78 is 42.9. The zero-order valence-corrected chi connectivity index (χ0v) is 15.1. The molecule has 0 unspecified atom stereocenters. The molecule has 0 saturated carbocycles. The molecule has 0 saturated heterocycles. The van der Waals surface area contributed by atoms with Crippen LogP contribution in [-0.4, -0.2) is 18.0 Å². The summed E-state index contributed by atoms with van der Waals surface area (Å²) in [5.74, 6) is -0.467. The Hall–Kier alpha value is -1.96. The van der Waals surface area contributed by atoms with Crippen LogP contribution in [-0.2, 0) is 23.1 Å². The van der Waals surface area contributed by atoms with Crippen molar-refractivity contribution in [1.82, 2.24) is 14.3 Å². The topological polar surface area (TPSA) is 64.0 Å². The predicted molar refractivity (Wildman–Crippen MR) is 95.5 cm³/mol. The minimum atomic E-state index is -3.77. The maximum absolute atomic E-state index is 13.1. The molecule has 2 aromatic heterocycles. The van der Waals surface area contributed by atoms with Crippen LogP contribution in [0.25, 0.3) is 11.0 Å². The highest BCUT2D eigenvalue weighted by Gasteiger charge is 2.21. The third kappa shape index (κ3) is 3.68. The predicted octanol–water partition coefficient (Wildman–Crippen LogP) is 3.72. The second-order valence-corrected chi connectivity index (χ2v) is 7.76. The molecule has 1 N–H and O–H groups in total. The van der Waals surface area contributed by atoms with Gasteiger partial charge in [0.05, 0.1) is 0 Å². The molecule has 0 aliphatic heterocycles. The van der Waals surface area contributed by atoms with Crippen molar-refractivity contribution >= 4 is 32.7 Å². The van der Waals surface area contributed by atoms with Gasteiger partial charge in [-0.25, -0.2) is 22.5 Å². The fourth-order valence-corrected chi connectivity index (χ4v) is 4.08. The van der Waals surface area contributed by atoms with E-state index in [0.717, 1.165) is 12.5 Å². The average Bonchev–Trinajstić information content (AvgIpc) is 2.94. The van der Waals surface area contributed by atoms with Gasteiger partial charge in [0.1, 0.15) is 16.4 Å². The summed E-state index contributed by atoms with van der Waals surface area (Å²) in [6.07, 6.45) is 4.09. The highest BCUT2D eigenvalue weighted by molar-refractivity contribution is 7.89. The molecule has 5 nitrogen and oxygen atoms in total. The number of nitrogens with zero attached hydrogens (tertiary/aromatic N) is 2. The molecule has 0 atom stereocenters. The highest BCUT2D eigenvalue weighted by Crippen LogP contribution is 2.25. The molecule has 3 rings (SSSR count). The monoisotopic (exact) mass is 381 g/mol. The molecule has 0 fully saturated rings. The van der Waals surface area contributed by atoms with Crippen molar-refractivity contribution in [2.75, 3.05) is 0 Å². The Labute approximate surface area is 150 Å². The smallest absolute Gasteiger partial charge is 0.243 e. The lowest BCUT2D eigenvalue weighted by atomic mass is 10.2. The Morgan fingerprint density at radius 1 is 1.32 bits per heavy atom. The van der Waals surface area contributed by atoms with Gasteiger partial charge in [-0.15, -0.1) is 0 Å². The number of sulfonamides is 1. The molecule has 8 heteroatoms. The van der Waals surface area contributed by atoms with E-state index in [0.29, 0.717) is 23.1 Å². The summed E-state index contributed by atoms with van der Waals surface area (Å²) in [6, 6.07) is 7.29. The molecular formula is C17H17ClFN3O2S. The molecule has 0 aliphatic carbocycles. The number of fused-ring (bicyclic) bond motifs is 1. The fourth-order valence-electron chi connectivity index (χ4n) is 2.63. The van der Waals surface area contributed by atoms with Crippen LogP contribution in [0, 0.1) is 5.82 Å². The Morgan fingerprint density at radius 3 is 2.84 bits per heavy atom. The molecule has 2 heterocycles. The largest absolute Gasteiger partial charge is 0.331 e. The molecule has 3 aromatic rings. The second-order valence-electron chi connectivity index (χ2n) is 5.62. The first-order chi connectivity index (χ1) is 11.9. The van der Waals surface area contributed by atoms with Crippen LogP contribution < -0.4 is 4.72 Å². The summed E-state index contributed by atoms with van der Waals surface area (Å²) >= 11 is 5.96. The zero-order chi connectivity index (χ0) is 18.0. The van der Waals surface area contributed by atoms with Crippen LogP contribution in [0.15, 0.2) is 47.6 Å². The number of rotatable bonds is 6. The molecule has 25 heavy (non-hydrogen) atoms. The van der Waals surface area contributed by atoms with E-state index in [2.05, 4.69) is 9.71 Å². The number of hydrogen-bond donors (Lipinski definition) is 1. The Balaban J connectivity index is 1.93. The SMILES string of the molecule is CCCn1cc(S(=O)(=O)NCc2ccc(F)cc2Cl)c2cccnc21. The van der Waals surface area contributed by atoms with Crippen LogP contribution in [0.5, 0.6) is 0 Å². The van der Waals surface area contributed by atoms with E-state index in [9.17, 15) is 12.8 Å².